The molecule has 1 heterocycles. The molecule has 172 valence electrons. The van der Waals surface area contributed by atoms with Crippen LogP contribution in [0.1, 0.15) is 74.7 Å². The summed E-state index contributed by atoms with van der Waals surface area (Å²) in [7, 11) is 0. The summed E-state index contributed by atoms with van der Waals surface area (Å²) in [5, 5.41) is 15.1. The smallest absolute Gasteiger partial charge is 0.331 e. The molecule has 0 radical (unpaired) electrons. The summed E-state index contributed by atoms with van der Waals surface area (Å²) < 4.78 is 0. The summed E-state index contributed by atoms with van der Waals surface area (Å²) in [6.45, 7) is 16.2. The second-order valence-electron chi connectivity index (χ2n) is 10.1. The number of carboxylic acids is 1. The number of hydrogen-bond acceptors (Lipinski definition) is 4. The molecule has 3 atom stereocenters. The summed E-state index contributed by atoms with van der Waals surface area (Å²) in [5.74, 6) is -1.41. The number of carboxylic acid groups (broad SMARTS) is 1. The summed E-state index contributed by atoms with van der Waals surface area (Å²) in [5.41, 5.74) is -0.315. The fourth-order valence-electron chi connectivity index (χ4n) is 3.76. The lowest BCUT2D eigenvalue weighted by Crippen LogP contribution is -2.60. The van der Waals surface area contributed by atoms with Crippen LogP contribution >= 0.6 is 0 Å². The minimum absolute atomic E-state index is 0.00865. The van der Waals surface area contributed by atoms with Crippen molar-refractivity contribution in [3.8, 4) is 0 Å². The average Bonchev–Trinajstić information content (AvgIpc) is 2.63. The molecule has 0 aromatic carbocycles. The van der Waals surface area contributed by atoms with Crippen LogP contribution in [0.4, 0.5) is 0 Å². The topological polar surface area (TPSA) is 98.7 Å². The highest BCUT2D eigenvalue weighted by Crippen LogP contribution is 2.23. The monoisotopic (exact) mass is 423 g/mol. The van der Waals surface area contributed by atoms with Gasteiger partial charge in [-0.05, 0) is 51.5 Å². The van der Waals surface area contributed by atoms with Crippen molar-refractivity contribution < 1.29 is 19.5 Å². The number of rotatable bonds is 8. The third-order valence-electron chi connectivity index (χ3n) is 5.72. The van der Waals surface area contributed by atoms with Crippen molar-refractivity contribution in [3.05, 3.63) is 11.6 Å². The molecule has 7 heteroatoms. The van der Waals surface area contributed by atoms with E-state index in [9.17, 15) is 19.5 Å². The zero-order chi connectivity index (χ0) is 23.2. The first-order valence-electron chi connectivity index (χ1n) is 11.0. The molecule has 30 heavy (non-hydrogen) atoms. The number of carbonyl (C=O) groups is 3. The van der Waals surface area contributed by atoms with Gasteiger partial charge in [-0.3, -0.25) is 14.5 Å². The minimum atomic E-state index is -1.01. The molecule has 7 nitrogen and oxygen atoms in total. The molecule has 0 bridgehead atoms. The van der Waals surface area contributed by atoms with E-state index in [0.29, 0.717) is 0 Å². The van der Waals surface area contributed by atoms with Gasteiger partial charge in [0.15, 0.2) is 0 Å². The van der Waals surface area contributed by atoms with Gasteiger partial charge >= 0.3 is 5.97 Å². The molecule has 1 rings (SSSR count). The Morgan fingerprint density at radius 2 is 1.67 bits per heavy atom. The molecule has 0 spiro atoms. The zero-order valence-electron chi connectivity index (χ0n) is 19.9. The van der Waals surface area contributed by atoms with E-state index in [-0.39, 0.29) is 35.4 Å². The molecule has 2 amide bonds. The van der Waals surface area contributed by atoms with E-state index in [2.05, 4.69) is 29.4 Å². The lowest BCUT2D eigenvalue weighted by Gasteiger charge is -2.39. The van der Waals surface area contributed by atoms with Crippen molar-refractivity contribution >= 4 is 17.8 Å². The minimum Gasteiger partial charge on any atom is -0.478 e. The fourth-order valence-corrected chi connectivity index (χ4v) is 3.76. The summed E-state index contributed by atoms with van der Waals surface area (Å²) >= 11 is 0. The van der Waals surface area contributed by atoms with Crippen LogP contribution in [-0.4, -0.2) is 58.5 Å². The van der Waals surface area contributed by atoms with Crippen molar-refractivity contribution in [2.24, 2.45) is 11.3 Å². The lowest BCUT2D eigenvalue weighted by molar-refractivity contribution is -0.136. The van der Waals surface area contributed by atoms with Gasteiger partial charge in [-0.25, -0.2) is 4.79 Å². The number of aliphatic carboxylic acids is 1. The van der Waals surface area contributed by atoms with E-state index >= 15 is 0 Å². The van der Waals surface area contributed by atoms with Crippen molar-refractivity contribution in [3.63, 3.8) is 0 Å². The largest absolute Gasteiger partial charge is 0.478 e. The number of nitrogens with zero attached hydrogens (tertiary/aromatic N) is 1. The van der Waals surface area contributed by atoms with Gasteiger partial charge in [-0.15, -0.1) is 0 Å². The van der Waals surface area contributed by atoms with E-state index in [4.69, 9.17) is 0 Å². The Morgan fingerprint density at radius 3 is 2.13 bits per heavy atom. The molecule has 0 aromatic rings. The Bertz CT molecular complexity index is 649. The second-order valence-corrected chi connectivity index (χ2v) is 10.1. The van der Waals surface area contributed by atoms with Crippen LogP contribution in [0.3, 0.4) is 0 Å². The van der Waals surface area contributed by atoms with E-state index in [1.807, 2.05) is 34.6 Å². The van der Waals surface area contributed by atoms with Gasteiger partial charge in [0.1, 0.15) is 6.04 Å². The van der Waals surface area contributed by atoms with Gasteiger partial charge in [0.25, 0.3) is 0 Å². The summed E-state index contributed by atoms with van der Waals surface area (Å²) in [6.07, 6.45) is 4.44. The number of nitrogens with one attached hydrogen (secondary N) is 2. The standard InChI is InChI=1S/C23H41N3O4/c1-14(2)17(13-16(5)22(29)30)24-21(28)19(23(6,7)8)25-20(27)18-11-9-10-12-26(18)15(3)4/h13-15,17-19H,9-12H2,1-8H3,(H,24,28)(H,25,27)(H,29,30)/t17-,18?,19-/m1/s1. The quantitative estimate of drug-likeness (QED) is 0.521. The molecule has 0 aromatic heterocycles. The Hall–Kier alpha value is -1.89. The molecular formula is C23H41N3O4. The first kappa shape index (κ1) is 26.1. The van der Waals surface area contributed by atoms with Gasteiger partial charge in [-0.1, -0.05) is 47.1 Å². The number of hydrogen-bond donors (Lipinski definition) is 3. The van der Waals surface area contributed by atoms with Crippen LogP contribution < -0.4 is 10.6 Å². The Labute approximate surface area is 181 Å². The van der Waals surface area contributed by atoms with E-state index in [1.165, 1.54) is 6.92 Å². The molecule has 0 saturated carbocycles. The van der Waals surface area contributed by atoms with Crippen LogP contribution in [0.5, 0.6) is 0 Å². The summed E-state index contributed by atoms with van der Waals surface area (Å²) in [4.78, 5) is 39.7. The Balaban J connectivity index is 3.03. The normalized spacial score (nSPS) is 20.7. The van der Waals surface area contributed by atoms with E-state index < -0.39 is 23.5 Å². The highest BCUT2D eigenvalue weighted by molar-refractivity contribution is 5.91. The van der Waals surface area contributed by atoms with Crippen molar-refractivity contribution in [2.45, 2.75) is 98.8 Å². The molecule has 1 unspecified atom stereocenters. The van der Waals surface area contributed by atoms with Gasteiger partial charge in [-0.2, -0.15) is 0 Å². The molecular weight excluding hydrogens is 382 g/mol. The van der Waals surface area contributed by atoms with Crippen molar-refractivity contribution in [1.82, 2.24) is 15.5 Å². The molecule has 1 aliphatic rings. The highest BCUT2D eigenvalue weighted by atomic mass is 16.4. The van der Waals surface area contributed by atoms with Crippen LogP contribution in [0, 0.1) is 11.3 Å². The van der Waals surface area contributed by atoms with Crippen LogP contribution in [0.2, 0.25) is 0 Å². The Kier molecular flexibility index (Phi) is 9.53. The highest BCUT2D eigenvalue weighted by Gasteiger charge is 2.37. The molecule has 1 saturated heterocycles. The number of amides is 2. The first-order chi connectivity index (χ1) is 13.8. The van der Waals surface area contributed by atoms with Gasteiger partial charge < -0.3 is 15.7 Å². The van der Waals surface area contributed by atoms with E-state index in [0.717, 1.165) is 25.8 Å². The van der Waals surface area contributed by atoms with Crippen LogP contribution in [0.15, 0.2) is 11.6 Å². The van der Waals surface area contributed by atoms with Gasteiger partial charge in [0.05, 0.1) is 12.1 Å². The fraction of sp³-hybridized carbons (Fsp3) is 0.783. The molecule has 3 N–H and O–H groups in total. The predicted octanol–water partition coefficient (Wildman–Crippen LogP) is 2.95. The lowest BCUT2D eigenvalue weighted by atomic mass is 9.85. The number of carbonyl (C=O) groups excluding carboxylic acids is 2. The third-order valence-corrected chi connectivity index (χ3v) is 5.72. The van der Waals surface area contributed by atoms with Gasteiger partial charge in [0, 0.05) is 11.6 Å². The molecule has 1 aliphatic heterocycles. The molecule has 0 aliphatic carbocycles. The van der Waals surface area contributed by atoms with Crippen molar-refractivity contribution in [2.75, 3.05) is 6.54 Å². The average molecular weight is 424 g/mol. The summed E-state index contributed by atoms with van der Waals surface area (Å²) in [6, 6.07) is -1.12. The predicted molar refractivity (Wildman–Crippen MR) is 119 cm³/mol. The zero-order valence-corrected chi connectivity index (χ0v) is 19.9. The third kappa shape index (κ3) is 7.42. The SMILES string of the molecule is CC(=C[C@@H](NC(=O)[C@@H](NC(=O)C1CCCCN1C(C)C)C(C)(C)C)C(C)C)C(=O)O. The maximum Gasteiger partial charge on any atom is 0.331 e. The van der Waals surface area contributed by atoms with Crippen LogP contribution in [-0.2, 0) is 14.4 Å². The number of likely N-dealkylation sites (tertiary alicyclic amines) is 1. The maximum atomic E-state index is 13.2. The number of piperidine rings is 1. The second kappa shape index (κ2) is 10.9. The maximum absolute atomic E-state index is 13.2. The molecule has 1 fully saturated rings. The van der Waals surface area contributed by atoms with Gasteiger partial charge in [0.2, 0.25) is 11.8 Å². The van der Waals surface area contributed by atoms with Crippen LogP contribution in [0.25, 0.3) is 0 Å². The van der Waals surface area contributed by atoms with Crippen molar-refractivity contribution in [1.29, 1.82) is 0 Å². The first-order valence-corrected chi connectivity index (χ1v) is 11.0. The van der Waals surface area contributed by atoms with E-state index in [1.54, 1.807) is 6.08 Å². The Morgan fingerprint density at radius 1 is 1.07 bits per heavy atom.